The summed E-state index contributed by atoms with van der Waals surface area (Å²) in [6, 6.07) is 0. The van der Waals surface area contributed by atoms with E-state index in [1.807, 2.05) is 22.0 Å². The predicted octanol–water partition coefficient (Wildman–Crippen LogP) is 2.73. The van der Waals surface area contributed by atoms with Crippen molar-refractivity contribution in [3.05, 3.63) is 17.0 Å². The fourth-order valence-electron chi connectivity index (χ4n) is 3.69. The molecule has 7 nitrogen and oxygen atoms in total. The average molecular weight is 557 g/mol. The van der Waals surface area contributed by atoms with Crippen LogP contribution in [0.4, 0.5) is 0 Å². The van der Waals surface area contributed by atoms with Gasteiger partial charge in [-0.3, -0.25) is 9.48 Å². The lowest BCUT2D eigenvalue weighted by Gasteiger charge is -2.35. The van der Waals surface area contributed by atoms with Crippen molar-refractivity contribution in [2.24, 2.45) is 7.05 Å². The van der Waals surface area contributed by atoms with Gasteiger partial charge in [0.05, 0.1) is 17.4 Å². The van der Waals surface area contributed by atoms with Crippen LogP contribution >= 0.6 is 39.1 Å². The highest BCUT2D eigenvalue weighted by Gasteiger charge is 2.61. The molecule has 0 aromatic carbocycles. The predicted molar refractivity (Wildman–Crippen MR) is 122 cm³/mol. The van der Waals surface area contributed by atoms with Crippen LogP contribution in [-0.4, -0.2) is 59.5 Å². The third kappa shape index (κ3) is 3.73. The van der Waals surface area contributed by atoms with E-state index in [2.05, 4.69) is 11.0 Å². The molecule has 11 heteroatoms. The Bertz CT molecular complexity index is 970. The first kappa shape index (κ1) is 20.9. The highest BCUT2D eigenvalue weighted by Crippen LogP contribution is 2.50. The van der Waals surface area contributed by atoms with E-state index in [-0.39, 0.29) is 19.1 Å². The van der Waals surface area contributed by atoms with Gasteiger partial charge >= 0.3 is 0 Å². The van der Waals surface area contributed by atoms with Crippen molar-refractivity contribution in [3.63, 3.8) is 0 Å². The number of aromatic nitrogens is 2. The molecule has 1 atom stereocenters. The first-order chi connectivity index (χ1) is 13.5. The molecule has 1 aliphatic heterocycles. The number of carbonyl (C=O) groups is 1. The quantitative estimate of drug-likeness (QED) is 0.212. The standard InChI is InChI=1S/C17H23IN3O4PS2/c1-5-13-12-6-9-21(15(22)14(12)20(4)19-13)10-17(7-8-17)28(23,24)16(2,3)11-25-27-26-18/h1,26H,6-11H2,2-4H3/i26T. The van der Waals surface area contributed by atoms with Gasteiger partial charge in [0.25, 0.3) is 5.91 Å². The van der Waals surface area contributed by atoms with E-state index in [1.165, 1.54) is 4.68 Å². The van der Waals surface area contributed by atoms with Gasteiger partial charge in [0.1, 0.15) is 11.4 Å². The number of nitrogens with zero attached hydrogens (tertiary/aromatic N) is 3. The summed E-state index contributed by atoms with van der Waals surface area (Å²) in [6.45, 7) is 3.90. The summed E-state index contributed by atoms with van der Waals surface area (Å²) in [7, 11) is -1.90. The van der Waals surface area contributed by atoms with Crippen LogP contribution in [0.5, 0.6) is 0 Å². The minimum absolute atomic E-state index is 0.00776. The summed E-state index contributed by atoms with van der Waals surface area (Å²) in [6.07, 6.45) is 7.11. The number of hydrogen-bond donors (Lipinski definition) is 0. The van der Waals surface area contributed by atoms with E-state index in [0.29, 0.717) is 37.2 Å². The van der Waals surface area contributed by atoms with Crippen LogP contribution in [0.3, 0.4) is 0 Å². The molecule has 1 unspecified atom stereocenters. The summed E-state index contributed by atoms with van der Waals surface area (Å²) in [5.41, 5.74) is 1.69. The highest BCUT2D eigenvalue weighted by molar-refractivity contribution is 14.2. The molecule has 0 bridgehead atoms. The molecule has 28 heavy (non-hydrogen) atoms. The Morgan fingerprint density at radius 3 is 2.79 bits per heavy atom. The maximum absolute atomic E-state index is 13.4. The van der Waals surface area contributed by atoms with Crippen LogP contribution in [0.15, 0.2) is 0 Å². The molecular weight excluding hydrogens is 532 g/mol. The summed E-state index contributed by atoms with van der Waals surface area (Å²) >= 11 is 2.95. The topological polar surface area (TPSA) is 81.5 Å². The smallest absolute Gasteiger partial charge is 0.272 e. The Kier molecular flexibility index (Phi) is 6.02. The molecular formula is C17H23IN3O4PS2. The van der Waals surface area contributed by atoms with E-state index in [4.69, 9.17) is 11.9 Å². The van der Waals surface area contributed by atoms with Crippen molar-refractivity contribution < 1.29 is 17.4 Å². The minimum atomic E-state index is -3.58. The number of amides is 1. The summed E-state index contributed by atoms with van der Waals surface area (Å²) < 4.78 is 39.3. The van der Waals surface area contributed by atoms with Crippen molar-refractivity contribution in [2.75, 3.05) is 19.7 Å². The Morgan fingerprint density at radius 2 is 2.21 bits per heavy atom. The van der Waals surface area contributed by atoms with Gasteiger partial charge in [-0.05, 0) is 61.1 Å². The summed E-state index contributed by atoms with van der Waals surface area (Å²) in [5.74, 6) is 2.29. The fraction of sp³-hybridized carbons (Fsp3) is 0.647. The van der Waals surface area contributed by atoms with Crippen molar-refractivity contribution >= 4 is 54.8 Å². The van der Waals surface area contributed by atoms with E-state index in [0.717, 1.165) is 17.2 Å². The SMILES string of the molecule is [3H]P(I)SOCC(C)(C)S(=O)(=O)C1(CN2CCc3c(C#C)nn(C)c3C2=O)CC1. The van der Waals surface area contributed by atoms with Crippen LogP contribution in [0.2, 0.25) is 0 Å². The summed E-state index contributed by atoms with van der Waals surface area (Å²) in [4.78, 5) is 14.7. The molecule has 0 saturated heterocycles. The number of carbonyl (C=O) groups excluding carboxylic acids is 1. The zero-order valence-corrected chi connectivity index (χ0v) is 20.6. The Labute approximate surface area is 186 Å². The van der Waals surface area contributed by atoms with E-state index in [9.17, 15) is 13.2 Å². The highest BCUT2D eigenvalue weighted by atomic mass is 127. The van der Waals surface area contributed by atoms with E-state index < -0.39 is 24.7 Å². The van der Waals surface area contributed by atoms with Gasteiger partial charge in [-0.2, -0.15) is 5.10 Å². The number of terminal acetylenes is 1. The van der Waals surface area contributed by atoms with Crippen LogP contribution in [0.25, 0.3) is 0 Å². The lowest BCUT2D eigenvalue weighted by molar-refractivity contribution is 0.0724. The minimum Gasteiger partial charge on any atom is -0.335 e. The Hall–Kier alpha value is -0.340. The molecule has 3 rings (SSSR count). The second kappa shape index (κ2) is 8.06. The largest absolute Gasteiger partial charge is 0.335 e. The maximum atomic E-state index is 13.4. The zero-order chi connectivity index (χ0) is 21.6. The summed E-state index contributed by atoms with van der Waals surface area (Å²) in [5, 5.41) is 3.12. The molecule has 1 fully saturated rings. The van der Waals surface area contributed by atoms with Gasteiger partial charge in [-0.1, -0.05) is 0 Å². The first-order valence-electron chi connectivity index (χ1n) is 9.21. The van der Waals surface area contributed by atoms with E-state index in [1.54, 1.807) is 25.8 Å². The number of rotatable bonds is 8. The molecule has 1 aromatic rings. The second-order valence-electron chi connectivity index (χ2n) is 7.77. The molecule has 0 N–H and O–H groups in total. The lowest BCUT2D eigenvalue weighted by Crippen LogP contribution is -2.51. The molecule has 2 aliphatic rings. The number of fused-ring (bicyclic) bond motifs is 1. The normalized spacial score (nSPS) is 20.3. The molecule has 0 spiro atoms. The van der Waals surface area contributed by atoms with E-state index >= 15 is 0 Å². The monoisotopic (exact) mass is 557 g/mol. The van der Waals surface area contributed by atoms with Crippen LogP contribution < -0.4 is 0 Å². The number of hydrogen-bond acceptors (Lipinski definition) is 6. The maximum Gasteiger partial charge on any atom is 0.272 e. The number of aryl methyl sites for hydroxylation is 1. The van der Waals surface area contributed by atoms with Crippen LogP contribution in [0, 0.1) is 12.3 Å². The van der Waals surface area contributed by atoms with Gasteiger partial charge in [-0.25, -0.2) is 8.42 Å². The van der Waals surface area contributed by atoms with Crippen LogP contribution in [-0.2, 0) is 27.5 Å². The Balaban J connectivity index is 1.78. The first-order valence-corrected chi connectivity index (χ1v) is 15.3. The van der Waals surface area contributed by atoms with Gasteiger partial charge in [-0.15, -0.1) is 6.42 Å². The van der Waals surface area contributed by atoms with Crippen molar-refractivity contribution in [3.8, 4) is 12.3 Å². The van der Waals surface area contributed by atoms with Gasteiger partial charge < -0.3 is 9.08 Å². The van der Waals surface area contributed by atoms with Crippen LogP contribution in [0.1, 0.15) is 48.4 Å². The van der Waals surface area contributed by atoms with Gasteiger partial charge in [0.2, 0.25) is 0 Å². The molecule has 0 radical (unpaired) electrons. The molecule has 2 heterocycles. The van der Waals surface area contributed by atoms with Crippen molar-refractivity contribution in [1.82, 2.24) is 14.7 Å². The Morgan fingerprint density at radius 1 is 1.54 bits per heavy atom. The number of halogens is 1. The zero-order valence-electron chi connectivity index (χ0n) is 16.9. The van der Waals surface area contributed by atoms with Crippen molar-refractivity contribution in [2.45, 2.75) is 42.6 Å². The third-order valence-corrected chi connectivity index (χ3v) is 10.9. The fourth-order valence-corrected chi connectivity index (χ4v) is 7.80. The molecule has 1 aliphatic carbocycles. The lowest BCUT2D eigenvalue weighted by atomic mass is 10.0. The van der Waals surface area contributed by atoms with Gasteiger partial charge in [0, 0.05) is 42.7 Å². The third-order valence-electron chi connectivity index (χ3n) is 5.48. The second-order valence-corrected chi connectivity index (χ2v) is 15.7. The van der Waals surface area contributed by atoms with Gasteiger partial charge in [0.15, 0.2) is 9.84 Å². The molecule has 154 valence electrons. The molecule has 1 saturated carbocycles. The molecule has 1 aromatic heterocycles. The average Bonchev–Trinajstić information content (AvgIpc) is 3.34. The molecule has 1 amide bonds. The number of sulfone groups is 1. The van der Waals surface area contributed by atoms with Crippen molar-refractivity contribution in [1.29, 1.82) is 1.28 Å².